The summed E-state index contributed by atoms with van der Waals surface area (Å²) in [6.45, 7) is 0.853. The van der Waals surface area contributed by atoms with E-state index in [1.165, 1.54) is 0 Å². The maximum Gasteiger partial charge on any atom is 0.0642 e. The van der Waals surface area contributed by atoms with Crippen molar-refractivity contribution in [3.05, 3.63) is 36.4 Å². The Morgan fingerprint density at radius 1 is 1.29 bits per heavy atom. The highest BCUT2D eigenvalue weighted by molar-refractivity contribution is 5.53. The summed E-state index contributed by atoms with van der Waals surface area (Å²) >= 11 is 0. The van der Waals surface area contributed by atoms with Crippen molar-refractivity contribution in [2.45, 2.75) is 6.42 Å². The minimum absolute atomic E-state index is 0.853. The van der Waals surface area contributed by atoms with Gasteiger partial charge >= 0.3 is 0 Å². The summed E-state index contributed by atoms with van der Waals surface area (Å²) in [5.41, 5.74) is 3.12. The highest BCUT2D eigenvalue weighted by Gasteiger charge is 1.98. The molecule has 0 atom stereocenters. The second kappa shape index (κ2) is 5.34. The van der Waals surface area contributed by atoms with Crippen molar-refractivity contribution in [2.24, 2.45) is 7.05 Å². The fourth-order valence-corrected chi connectivity index (χ4v) is 1.60. The van der Waals surface area contributed by atoms with Gasteiger partial charge in [0.1, 0.15) is 0 Å². The van der Waals surface area contributed by atoms with Gasteiger partial charge in [-0.3, -0.25) is 9.67 Å². The molecule has 0 radical (unpaired) electrons. The van der Waals surface area contributed by atoms with Crippen LogP contribution in [-0.4, -0.2) is 28.4 Å². The Morgan fingerprint density at radius 2 is 2.12 bits per heavy atom. The molecule has 17 heavy (non-hydrogen) atoms. The molecule has 0 unspecified atom stereocenters. The van der Waals surface area contributed by atoms with Gasteiger partial charge in [-0.05, 0) is 12.1 Å². The highest BCUT2D eigenvalue weighted by Crippen LogP contribution is 2.11. The van der Waals surface area contributed by atoms with E-state index >= 15 is 0 Å². The quantitative estimate of drug-likeness (QED) is 0.819. The Hall–Kier alpha value is -2.04. The van der Waals surface area contributed by atoms with Gasteiger partial charge < -0.3 is 10.6 Å². The van der Waals surface area contributed by atoms with E-state index in [1.54, 1.807) is 6.20 Å². The van der Waals surface area contributed by atoms with E-state index in [2.05, 4.69) is 20.7 Å². The van der Waals surface area contributed by atoms with Crippen LogP contribution < -0.4 is 10.6 Å². The van der Waals surface area contributed by atoms with E-state index in [0.717, 1.165) is 30.0 Å². The normalized spacial score (nSPS) is 10.2. The number of aryl methyl sites for hydroxylation is 1. The summed E-state index contributed by atoms with van der Waals surface area (Å²) in [4.78, 5) is 4.14. The maximum absolute atomic E-state index is 4.32. The Bertz CT molecular complexity index is 477. The molecule has 0 amide bonds. The molecule has 0 saturated carbocycles. The maximum atomic E-state index is 4.32. The smallest absolute Gasteiger partial charge is 0.0642 e. The standard InChI is InChI=1S/C12H17N5/c1-13-11-7-12(9-14-8-11)15-5-3-10-4-6-17(2)16-10/h4,6-9,13,15H,3,5H2,1-2H3. The first-order valence-corrected chi connectivity index (χ1v) is 5.63. The number of pyridine rings is 1. The van der Waals surface area contributed by atoms with Crippen LogP contribution >= 0.6 is 0 Å². The van der Waals surface area contributed by atoms with Crippen LogP contribution in [-0.2, 0) is 13.5 Å². The Kier molecular flexibility index (Phi) is 3.59. The van der Waals surface area contributed by atoms with Crippen molar-refractivity contribution >= 4 is 11.4 Å². The van der Waals surface area contributed by atoms with Crippen LogP contribution in [0, 0.1) is 0 Å². The van der Waals surface area contributed by atoms with Gasteiger partial charge in [-0.2, -0.15) is 5.10 Å². The molecule has 0 aliphatic heterocycles. The van der Waals surface area contributed by atoms with Crippen molar-refractivity contribution in [2.75, 3.05) is 24.2 Å². The zero-order valence-electron chi connectivity index (χ0n) is 10.1. The van der Waals surface area contributed by atoms with Gasteiger partial charge in [0, 0.05) is 33.3 Å². The predicted octanol–water partition coefficient (Wildman–Crippen LogP) is 1.51. The summed E-state index contributed by atoms with van der Waals surface area (Å²) in [7, 11) is 3.81. The molecule has 2 aromatic heterocycles. The van der Waals surface area contributed by atoms with Gasteiger partial charge in [-0.25, -0.2) is 0 Å². The third-order valence-electron chi connectivity index (χ3n) is 2.51. The SMILES string of the molecule is CNc1cncc(NCCc2ccn(C)n2)c1. The average Bonchev–Trinajstić information content (AvgIpc) is 2.75. The lowest BCUT2D eigenvalue weighted by Crippen LogP contribution is -2.06. The van der Waals surface area contributed by atoms with E-state index < -0.39 is 0 Å². The van der Waals surface area contributed by atoms with Crippen molar-refractivity contribution in [3.63, 3.8) is 0 Å². The van der Waals surface area contributed by atoms with E-state index in [0.29, 0.717) is 0 Å². The number of anilines is 2. The topological polar surface area (TPSA) is 54.8 Å². The molecular weight excluding hydrogens is 214 g/mol. The molecule has 2 heterocycles. The lowest BCUT2D eigenvalue weighted by Gasteiger charge is -2.06. The fraction of sp³-hybridized carbons (Fsp3) is 0.333. The third kappa shape index (κ3) is 3.21. The van der Waals surface area contributed by atoms with Gasteiger partial charge in [-0.1, -0.05) is 0 Å². The summed E-state index contributed by atoms with van der Waals surface area (Å²) in [5.74, 6) is 0. The van der Waals surface area contributed by atoms with Crippen LogP contribution in [0.15, 0.2) is 30.7 Å². The number of aromatic nitrogens is 3. The minimum Gasteiger partial charge on any atom is -0.387 e. The lowest BCUT2D eigenvalue weighted by molar-refractivity contribution is 0.742. The molecule has 0 saturated heterocycles. The molecule has 0 spiro atoms. The third-order valence-corrected chi connectivity index (χ3v) is 2.51. The molecule has 0 fully saturated rings. The fourth-order valence-electron chi connectivity index (χ4n) is 1.60. The van der Waals surface area contributed by atoms with Crippen molar-refractivity contribution in [1.82, 2.24) is 14.8 Å². The van der Waals surface area contributed by atoms with E-state index in [9.17, 15) is 0 Å². The first-order valence-electron chi connectivity index (χ1n) is 5.63. The van der Waals surface area contributed by atoms with Crippen LogP contribution in [0.5, 0.6) is 0 Å². The number of hydrogen-bond acceptors (Lipinski definition) is 4. The summed E-state index contributed by atoms with van der Waals surface area (Å²) < 4.78 is 1.82. The largest absolute Gasteiger partial charge is 0.387 e. The van der Waals surface area contributed by atoms with Crippen molar-refractivity contribution in [3.8, 4) is 0 Å². The van der Waals surface area contributed by atoms with Gasteiger partial charge in [0.15, 0.2) is 0 Å². The van der Waals surface area contributed by atoms with E-state index in [1.807, 2.05) is 43.3 Å². The molecular formula is C12H17N5. The molecule has 5 heteroatoms. The zero-order chi connectivity index (χ0) is 12.1. The Labute approximate surface area is 101 Å². The van der Waals surface area contributed by atoms with Gasteiger partial charge in [-0.15, -0.1) is 0 Å². The lowest BCUT2D eigenvalue weighted by atomic mass is 10.3. The first-order chi connectivity index (χ1) is 8.28. The molecule has 5 nitrogen and oxygen atoms in total. The second-order valence-electron chi connectivity index (χ2n) is 3.87. The molecule has 0 aliphatic rings. The monoisotopic (exact) mass is 231 g/mol. The van der Waals surface area contributed by atoms with Crippen LogP contribution in [0.3, 0.4) is 0 Å². The van der Waals surface area contributed by atoms with Gasteiger partial charge in [0.05, 0.1) is 29.5 Å². The summed E-state index contributed by atoms with van der Waals surface area (Å²) in [6, 6.07) is 4.06. The molecule has 90 valence electrons. The van der Waals surface area contributed by atoms with Gasteiger partial charge in [0.25, 0.3) is 0 Å². The van der Waals surface area contributed by atoms with E-state index in [4.69, 9.17) is 0 Å². The number of rotatable bonds is 5. The van der Waals surface area contributed by atoms with Crippen LogP contribution in [0.25, 0.3) is 0 Å². The average molecular weight is 231 g/mol. The Balaban J connectivity index is 1.85. The molecule has 0 aromatic carbocycles. The van der Waals surface area contributed by atoms with E-state index in [-0.39, 0.29) is 0 Å². The summed E-state index contributed by atoms with van der Waals surface area (Å²) in [6.07, 6.45) is 6.48. The second-order valence-corrected chi connectivity index (χ2v) is 3.87. The first kappa shape index (κ1) is 11.4. The molecule has 2 aromatic rings. The summed E-state index contributed by atoms with van der Waals surface area (Å²) in [5, 5.41) is 10.7. The van der Waals surface area contributed by atoms with Crippen LogP contribution in [0.4, 0.5) is 11.4 Å². The van der Waals surface area contributed by atoms with Crippen LogP contribution in [0.2, 0.25) is 0 Å². The van der Waals surface area contributed by atoms with Crippen molar-refractivity contribution < 1.29 is 0 Å². The zero-order valence-corrected chi connectivity index (χ0v) is 10.1. The van der Waals surface area contributed by atoms with Crippen molar-refractivity contribution in [1.29, 1.82) is 0 Å². The Morgan fingerprint density at radius 3 is 2.82 bits per heavy atom. The molecule has 0 aliphatic carbocycles. The highest BCUT2D eigenvalue weighted by atomic mass is 15.2. The molecule has 2 rings (SSSR count). The number of nitrogens with one attached hydrogen (secondary N) is 2. The number of nitrogens with zero attached hydrogens (tertiary/aromatic N) is 3. The molecule has 0 bridgehead atoms. The van der Waals surface area contributed by atoms with Crippen LogP contribution in [0.1, 0.15) is 5.69 Å². The predicted molar refractivity (Wildman–Crippen MR) is 69.2 cm³/mol. The number of hydrogen-bond donors (Lipinski definition) is 2. The van der Waals surface area contributed by atoms with Gasteiger partial charge in [0.2, 0.25) is 0 Å². The molecule has 2 N–H and O–H groups in total. The minimum atomic E-state index is 0.853.